The highest BCUT2D eigenvalue weighted by Crippen LogP contribution is 2.28. The molecule has 0 aliphatic rings. The molecule has 3 N–H and O–H groups in total. The molecule has 0 fully saturated rings. The third kappa shape index (κ3) is 3.15. The Bertz CT molecular complexity index is 599. The summed E-state index contributed by atoms with van der Waals surface area (Å²) in [5, 5.41) is 20.3. The molecular weight excluding hydrogens is 269 g/mol. The molecule has 4 nitrogen and oxygen atoms in total. The van der Waals surface area contributed by atoms with Crippen molar-refractivity contribution in [2.24, 2.45) is 0 Å². The maximum Gasteiger partial charge on any atom is 0.185 e. The van der Waals surface area contributed by atoms with Gasteiger partial charge >= 0.3 is 0 Å². The summed E-state index contributed by atoms with van der Waals surface area (Å²) in [4.78, 5) is 13.7. The number of carbonyl (C=O) groups is 1. The predicted molar refractivity (Wildman–Crippen MR) is 72.4 cm³/mol. The zero-order valence-corrected chi connectivity index (χ0v) is 11.1. The van der Waals surface area contributed by atoms with Gasteiger partial charge in [-0.1, -0.05) is 11.8 Å². The van der Waals surface area contributed by atoms with E-state index in [9.17, 15) is 19.4 Å². The molecule has 1 heterocycles. The van der Waals surface area contributed by atoms with Crippen LogP contribution in [0.4, 0.5) is 4.39 Å². The minimum atomic E-state index is -1.16. The number of rotatable bonds is 4. The van der Waals surface area contributed by atoms with Crippen molar-refractivity contribution in [3.05, 3.63) is 35.8 Å². The highest BCUT2D eigenvalue weighted by Gasteiger charge is 2.22. The van der Waals surface area contributed by atoms with Crippen LogP contribution in [-0.4, -0.2) is 32.2 Å². The van der Waals surface area contributed by atoms with E-state index in [1.54, 1.807) is 6.07 Å². The highest BCUT2D eigenvalue weighted by molar-refractivity contribution is 8.13. The van der Waals surface area contributed by atoms with Crippen molar-refractivity contribution in [1.29, 1.82) is 0 Å². The first-order valence-electron chi connectivity index (χ1n) is 5.75. The van der Waals surface area contributed by atoms with E-state index in [-0.39, 0.29) is 10.9 Å². The Hall–Kier alpha value is -1.37. The molecule has 2 atom stereocenters. The van der Waals surface area contributed by atoms with Gasteiger partial charge in [-0.2, -0.15) is 0 Å². The van der Waals surface area contributed by atoms with Crippen molar-refractivity contribution in [2.75, 3.05) is 5.75 Å². The van der Waals surface area contributed by atoms with E-state index in [0.717, 1.165) is 11.8 Å². The first-order valence-corrected chi connectivity index (χ1v) is 6.73. The number of halogens is 1. The first kappa shape index (κ1) is 14.0. The summed E-state index contributed by atoms with van der Waals surface area (Å²) in [5.74, 6) is -0.313. The second-order valence-corrected chi connectivity index (χ2v) is 5.45. The lowest BCUT2D eigenvalue weighted by molar-refractivity contribution is -0.109. The van der Waals surface area contributed by atoms with Gasteiger partial charge in [0.1, 0.15) is 11.9 Å². The number of carbonyl (C=O) groups excluding carboxylic acids is 1. The molecule has 0 saturated carbocycles. The molecule has 1 aromatic heterocycles. The lowest BCUT2D eigenvalue weighted by Gasteiger charge is -2.16. The van der Waals surface area contributed by atoms with Crippen molar-refractivity contribution in [3.63, 3.8) is 0 Å². The van der Waals surface area contributed by atoms with Crippen LogP contribution < -0.4 is 0 Å². The SMILES string of the molecule is CC(=O)SCC(O)C(O)c1c[nH]c2ccc(F)cc12. The van der Waals surface area contributed by atoms with Crippen LogP contribution in [-0.2, 0) is 4.79 Å². The van der Waals surface area contributed by atoms with E-state index in [4.69, 9.17) is 0 Å². The molecule has 6 heteroatoms. The minimum Gasteiger partial charge on any atom is -0.389 e. The van der Waals surface area contributed by atoms with E-state index in [0.29, 0.717) is 16.5 Å². The number of fused-ring (bicyclic) bond motifs is 1. The number of aromatic nitrogens is 1. The summed E-state index contributed by atoms with van der Waals surface area (Å²) in [6, 6.07) is 4.18. The topological polar surface area (TPSA) is 73.3 Å². The molecule has 1 aromatic carbocycles. The van der Waals surface area contributed by atoms with E-state index in [1.807, 2.05) is 0 Å². The highest BCUT2D eigenvalue weighted by atomic mass is 32.2. The maximum absolute atomic E-state index is 13.2. The van der Waals surface area contributed by atoms with Crippen molar-refractivity contribution < 1.29 is 19.4 Å². The van der Waals surface area contributed by atoms with Gasteiger partial charge in [0.15, 0.2) is 5.12 Å². The van der Waals surface area contributed by atoms with Gasteiger partial charge in [0.25, 0.3) is 0 Å². The van der Waals surface area contributed by atoms with Crippen LogP contribution in [0, 0.1) is 5.82 Å². The smallest absolute Gasteiger partial charge is 0.185 e. The Morgan fingerprint density at radius 2 is 2.21 bits per heavy atom. The van der Waals surface area contributed by atoms with Crippen molar-refractivity contribution in [2.45, 2.75) is 19.1 Å². The molecule has 0 aliphatic carbocycles. The lowest BCUT2D eigenvalue weighted by Crippen LogP contribution is -2.21. The molecule has 2 aromatic rings. The Labute approximate surface area is 113 Å². The number of hydrogen-bond donors (Lipinski definition) is 3. The summed E-state index contributed by atoms with van der Waals surface area (Å²) in [5.41, 5.74) is 1.10. The van der Waals surface area contributed by atoms with Crippen LogP contribution in [0.25, 0.3) is 10.9 Å². The summed E-state index contributed by atoms with van der Waals surface area (Å²) < 4.78 is 13.2. The minimum absolute atomic E-state index is 0.0957. The van der Waals surface area contributed by atoms with Crippen molar-refractivity contribution in [3.8, 4) is 0 Å². The average molecular weight is 283 g/mol. The van der Waals surface area contributed by atoms with Gasteiger partial charge in [-0.05, 0) is 18.2 Å². The monoisotopic (exact) mass is 283 g/mol. The molecule has 0 spiro atoms. The third-order valence-corrected chi connectivity index (χ3v) is 3.73. The summed E-state index contributed by atoms with van der Waals surface area (Å²) in [6.07, 6.45) is -0.713. The van der Waals surface area contributed by atoms with Gasteiger partial charge in [0, 0.05) is 35.3 Å². The van der Waals surface area contributed by atoms with E-state index < -0.39 is 18.0 Å². The number of hydrogen-bond acceptors (Lipinski definition) is 4. The Morgan fingerprint density at radius 3 is 2.89 bits per heavy atom. The van der Waals surface area contributed by atoms with Gasteiger partial charge in [-0.3, -0.25) is 4.79 Å². The number of aliphatic hydroxyl groups is 2. The van der Waals surface area contributed by atoms with Gasteiger partial charge in [0.2, 0.25) is 0 Å². The molecule has 2 rings (SSSR count). The molecule has 0 saturated heterocycles. The van der Waals surface area contributed by atoms with E-state index in [1.165, 1.54) is 25.3 Å². The van der Waals surface area contributed by atoms with Crippen LogP contribution >= 0.6 is 11.8 Å². The molecule has 2 unspecified atom stereocenters. The zero-order chi connectivity index (χ0) is 14.0. The van der Waals surface area contributed by atoms with Crippen molar-refractivity contribution in [1.82, 2.24) is 4.98 Å². The Balaban J connectivity index is 2.23. The Kier molecular flexibility index (Phi) is 4.24. The van der Waals surface area contributed by atoms with Gasteiger partial charge in [0.05, 0.1) is 6.10 Å². The van der Waals surface area contributed by atoms with Crippen LogP contribution in [0.15, 0.2) is 24.4 Å². The number of H-pyrrole nitrogens is 1. The molecular formula is C13H14FNO3S. The van der Waals surface area contributed by atoms with E-state index in [2.05, 4.69) is 4.98 Å². The second kappa shape index (κ2) is 5.73. The fourth-order valence-corrected chi connectivity index (χ4v) is 2.45. The number of aromatic amines is 1. The second-order valence-electron chi connectivity index (χ2n) is 4.25. The number of aliphatic hydroxyl groups excluding tert-OH is 2. The summed E-state index contributed by atoms with van der Waals surface area (Å²) in [7, 11) is 0. The van der Waals surface area contributed by atoms with Gasteiger partial charge in [-0.25, -0.2) is 4.39 Å². The Morgan fingerprint density at radius 1 is 1.47 bits per heavy atom. The number of nitrogens with one attached hydrogen (secondary N) is 1. The third-order valence-electron chi connectivity index (χ3n) is 2.82. The molecule has 0 aliphatic heterocycles. The van der Waals surface area contributed by atoms with E-state index >= 15 is 0 Å². The van der Waals surface area contributed by atoms with Crippen LogP contribution in [0.2, 0.25) is 0 Å². The normalized spacial score (nSPS) is 14.5. The molecule has 19 heavy (non-hydrogen) atoms. The lowest BCUT2D eigenvalue weighted by atomic mass is 10.0. The largest absolute Gasteiger partial charge is 0.389 e. The predicted octanol–water partition coefficient (Wildman–Crippen LogP) is 1.98. The average Bonchev–Trinajstić information content (AvgIpc) is 2.77. The molecule has 0 radical (unpaired) electrons. The summed E-state index contributed by atoms with van der Waals surface area (Å²) >= 11 is 0.940. The van der Waals surface area contributed by atoms with Gasteiger partial charge < -0.3 is 15.2 Å². The van der Waals surface area contributed by atoms with Crippen LogP contribution in [0.3, 0.4) is 0 Å². The standard InChI is InChI=1S/C13H14FNO3S/c1-7(16)19-6-12(17)13(18)10-5-15-11-3-2-8(14)4-9(10)11/h2-5,12-13,15,17-18H,6H2,1H3. The fourth-order valence-electron chi connectivity index (χ4n) is 1.86. The first-order chi connectivity index (χ1) is 8.99. The van der Waals surface area contributed by atoms with Crippen LogP contribution in [0.1, 0.15) is 18.6 Å². The van der Waals surface area contributed by atoms with Gasteiger partial charge in [-0.15, -0.1) is 0 Å². The van der Waals surface area contributed by atoms with Crippen molar-refractivity contribution >= 4 is 27.8 Å². The quantitative estimate of drug-likeness (QED) is 0.802. The van der Waals surface area contributed by atoms with Crippen LogP contribution in [0.5, 0.6) is 0 Å². The molecule has 102 valence electrons. The number of benzene rings is 1. The molecule has 0 amide bonds. The number of thioether (sulfide) groups is 1. The zero-order valence-electron chi connectivity index (χ0n) is 10.3. The summed E-state index contributed by atoms with van der Waals surface area (Å²) in [6.45, 7) is 1.39. The molecule has 0 bridgehead atoms. The maximum atomic E-state index is 13.2. The fraction of sp³-hybridized carbons (Fsp3) is 0.308.